The molecule has 1 aromatic carbocycles. The second kappa shape index (κ2) is 7.07. The Morgan fingerprint density at radius 3 is 2.47 bits per heavy atom. The molecule has 0 radical (unpaired) electrons. The third-order valence-electron chi connectivity index (χ3n) is 2.79. The van der Waals surface area contributed by atoms with Crippen molar-refractivity contribution < 1.29 is 9.63 Å². The minimum atomic E-state index is 0.0931. The van der Waals surface area contributed by atoms with Crippen molar-refractivity contribution >= 4 is 5.91 Å². The number of rotatable bonds is 4. The van der Waals surface area contributed by atoms with Gasteiger partial charge in [0.1, 0.15) is 0 Å². The summed E-state index contributed by atoms with van der Waals surface area (Å²) in [4.78, 5) is 16.1. The fourth-order valence-corrected chi connectivity index (χ4v) is 1.91. The van der Waals surface area contributed by atoms with Crippen LogP contribution in [0.1, 0.15) is 32.3 Å². The van der Waals surface area contributed by atoms with Gasteiger partial charge in [-0.05, 0) is 18.4 Å². The number of carbonyl (C=O) groups excluding carboxylic acids is 1. The van der Waals surface area contributed by atoms with Gasteiger partial charge in [-0.3, -0.25) is 9.63 Å². The van der Waals surface area contributed by atoms with Crippen molar-refractivity contribution in [3.05, 3.63) is 35.9 Å². The first-order valence-corrected chi connectivity index (χ1v) is 6.21. The van der Waals surface area contributed by atoms with Crippen molar-refractivity contribution in [1.29, 1.82) is 0 Å². The smallest absolute Gasteiger partial charge is 0.248 e. The number of hydrogen-bond acceptors (Lipinski definition) is 2. The molecule has 0 spiro atoms. The Balaban J connectivity index is 0.000000686. The molecule has 2 rings (SSSR count). The van der Waals surface area contributed by atoms with E-state index in [9.17, 15) is 4.79 Å². The van der Waals surface area contributed by atoms with Crippen LogP contribution >= 0.6 is 0 Å². The summed E-state index contributed by atoms with van der Waals surface area (Å²) in [7, 11) is 1.55. The summed E-state index contributed by atoms with van der Waals surface area (Å²) in [6, 6.07) is 10.6. The number of hydrogen-bond donors (Lipinski definition) is 0. The molecule has 0 N–H and O–H groups in total. The maximum atomic E-state index is 11.1. The van der Waals surface area contributed by atoms with E-state index in [0.29, 0.717) is 6.42 Å². The molecule has 1 aromatic rings. The van der Waals surface area contributed by atoms with Gasteiger partial charge in [-0.15, -0.1) is 0 Å². The highest BCUT2D eigenvalue weighted by Crippen LogP contribution is 2.23. The van der Waals surface area contributed by atoms with Gasteiger partial charge in [0.05, 0.1) is 19.6 Å². The molecule has 1 amide bonds. The Kier molecular flexibility index (Phi) is 5.70. The van der Waals surface area contributed by atoms with Gasteiger partial charge in [0.15, 0.2) is 0 Å². The van der Waals surface area contributed by atoms with E-state index < -0.39 is 0 Å². The van der Waals surface area contributed by atoms with E-state index in [2.05, 4.69) is 12.1 Å². The lowest BCUT2D eigenvalue weighted by Crippen LogP contribution is -2.51. The number of nitrogens with zero attached hydrogens (tertiary/aromatic N) is 1. The van der Waals surface area contributed by atoms with Crippen LogP contribution in [0, 0.1) is 0 Å². The minimum Gasteiger partial charge on any atom is -0.274 e. The third-order valence-corrected chi connectivity index (χ3v) is 2.79. The fourth-order valence-electron chi connectivity index (χ4n) is 1.91. The first-order chi connectivity index (χ1) is 8.31. The summed E-state index contributed by atoms with van der Waals surface area (Å²) < 4.78 is 0. The largest absolute Gasteiger partial charge is 0.274 e. The van der Waals surface area contributed by atoms with Crippen LogP contribution in [0.4, 0.5) is 0 Å². The molecule has 1 heterocycles. The van der Waals surface area contributed by atoms with Gasteiger partial charge in [-0.25, -0.2) is 5.06 Å². The van der Waals surface area contributed by atoms with Crippen LogP contribution in [0.3, 0.4) is 0 Å². The first kappa shape index (κ1) is 13.7. The highest BCUT2D eigenvalue weighted by atomic mass is 16.7. The zero-order valence-electron chi connectivity index (χ0n) is 10.8. The molecule has 94 valence electrons. The molecule has 1 aliphatic heterocycles. The summed E-state index contributed by atoms with van der Waals surface area (Å²) in [6.07, 6.45) is 2.60. The van der Waals surface area contributed by atoms with Gasteiger partial charge in [0.25, 0.3) is 0 Å². The molecule has 17 heavy (non-hydrogen) atoms. The molecule has 1 unspecified atom stereocenters. The van der Waals surface area contributed by atoms with Crippen LogP contribution in [0.15, 0.2) is 30.3 Å². The lowest BCUT2D eigenvalue weighted by atomic mass is 9.97. The summed E-state index contributed by atoms with van der Waals surface area (Å²) in [5, 5.41) is 1.48. The van der Waals surface area contributed by atoms with Crippen molar-refractivity contribution in [3.8, 4) is 0 Å². The molecule has 1 saturated heterocycles. The number of aryl methyl sites for hydroxylation is 1. The van der Waals surface area contributed by atoms with E-state index in [4.69, 9.17) is 4.84 Å². The van der Waals surface area contributed by atoms with Gasteiger partial charge in [0, 0.05) is 0 Å². The topological polar surface area (TPSA) is 29.5 Å². The van der Waals surface area contributed by atoms with E-state index in [1.807, 2.05) is 32.0 Å². The van der Waals surface area contributed by atoms with Crippen LogP contribution in [0.5, 0.6) is 0 Å². The average Bonchev–Trinajstić information content (AvgIpc) is 2.38. The fraction of sp³-hybridized carbons (Fsp3) is 0.500. The van der Waals surface area contributed by atoms with Crippen molar-refractivity contribution in [2.24, 2.45) is 0 Å². The molecular weight excluding hydrogens is 214 g/mol. The van der Waals surface area contributed by atoms with E-state index >= 15 is 0 Å². The zero-order chi connectivity index (χ0) is 12.7. The van der Waals surface area contributed by atoms with Crippen LogP contribution < -0.4 is 0 Å². The third kappa shape index (κ3) is 3.56. The maximum absolute atomic E-state index is 11.1. The van der Waals surface area contributed by atoms with Gasteiger partial charge < -0.3 is 0 Å². The standard InChI is InChI=1S/C12H15NO2.C2H6/c1-15-13-11(9-12(13)14)8-7-10-5-3-2-4-6-10;1-2/h2-6,11H,7-9H2,1H3;1-2H3. The van der Waals surface area contributed by atoms with Crippen molar-refractivity contribution in [2.45, 2.75) is 39.2 Å². The number of carbonyl (C=O) groups is 1. The SMILES string of the molecule is CC.CON1C(=O)CC1CCc1ccccc1. The highest BCUT2D eigenvalue weighted by molar-refractivity contribution is 5.81. The second-order valence-corrected chi connectivity index (χ2v) is 3.78. The van der Waals surface area contributed by atoms with Crippen molar-refractivity contribution in [1.82, 2.24) is 5.06 Å². The second-order valence-electron chi connectivity index (χ2n) is 3.78. The van der Waals surface area contributed by atoms with Crippen LogP contribution in [0.25, 0.3) is 0 Å². The zero-order valence-corrected chi connectivity index (χ0v) is 10.8. The lowest BCUT2D eigenvalue weighted by Gasteiger charge is -2.37. The predicted octanol–water partition coefficient (Wildman–Crippen LogP) is 2.81. The van der Waals surface area contributed by atoms with Gasteiger partial charge in [-0.2, -0.15) is 0 Å². The van der Waals surface area contributed by atoms with Crippen LogP contribution in [0.2, 0.25) is 0 Å². The number of hydroxylamine groups is 2. The minimum absolute atomic E-state index is 0.0931. The Morgan fingerprint density at radius 1 is 1.29 bits per heavy atom. The van der Waals surface area contributed by atoms with E-state index in [0.717, 1.165) is 12.8 Å². The number of amides is 1. The molecule has 0 saturated carbocycles. The molecular formula is C14H21NO2. The Hall–Kier alpha value is -1.35. The van der Waals surface area contributed by atoms with Crippen molar-refractivity contribution in [2.75, 3.05) is 7.11 Å². The molecule has 0 aromatic heterocycles. The van der Waals surface area contributed by atoms with Crippen LogP contribution in [-0.2, 0) is 16.1 Å². The molecule has 3 nitrogen and oxygen atoms in total. The number of benzene rings is 1. The quantitative estimate of drug-likeness (QED) is 0.751. The van der Waals surface area contributed by atoms with Gasteiger partial charge in [-0.1, -0.05) is 44.2 Å². The number of β-lactam (4-membered cyclic amide) rings is 1. The first-order valence-electron chi connectivity index (χ1n) is 6.21. The van der Waals surface area contributed by atoms with Crippen molar-refractivity contribution in [3.63, 3.8) is 0 Å². The van der Waals surface area contributed by atoms with Crippen LogP contribution in [-0.4, -0.2) is 24.1 Å². The van der Waals surface area contributed by atoms with E-state index in [1.54, 1.807) is 7.11 Å². The molecule has 1 fully saturated rings. The van der Waals surface area contributed by atoms with Gasteiger partial charge >= 0.3 is 0 Å². The molecule has 0 aliphatic carbocycles. The van der Waals surface area contributed by atoms with E-state index in [-0.39, 0.29) is 11.9 Å². The summed E-state index contributed by atoms with van der Waals surface area (Å²) in [5.74, 6) is 0.0931. The Morgan fingerprint density at radius 2 is 1.94 bits per heavy atom. The molecule has 0 bridgehead atoms. The monoisotopic (exact) mass is 235 g/mol. The highest BCUT2D eigenvalue weighted by Gasteiger charge is 2.36. The molecule has 3 heteroatoms. The summed E-state index contributed by atoms with van der Waals surface area (Å²) in [5.41, 5.74) is 1.31. The average molecular weight is 235 g/mol. The lowest BCUT2D eigenvalue weighted by molar-refractivity contribution is -0.216. The molecule has 1 aliphatic rings. The van der Waals surface area contributed by atoms with E-state index in [1.165, 1.54) is 10.6 Å². The Labute approximate surface area is 103 Å². The normalized spacial score (nSPS) is 18.2. The predicted molar refractivity (Wildman–Crippen MR) is 68.4 cm³/mol. The maximum Gasteiger partial charge on any atom is 0.248 e. The Bertz CT molecular complexity index is 337. The summed E-state index contributed by atoms with van der Waals surface area (Å²) in [6.45, 7) is 4.00. The summed E-state index contributed by atoms with van der Waals surface area (Å²) >= 11 is 0. The molecule has 1 atom stereocenters. The van der Waals surface area contributed by atoms with Gasteiger partial charge in [0.2, 0.25) is 5.91 Å².